The number of amides is 1. The van der Waals surface area contributed by atoms with Gasteiger partial charge in [-0.05, 0) is 22.8 Å². The molecule has 0 fully saturated rings. The molecule has 0 atom stereocenters. The van der Waals surface area contributed by atoms with Crippen molar-refractivity contribution in [2.45, 2.75) is 49.8 Å². The number of rotatable bonds is 8. The summed E-state index contributed by atoms with van der Waals surface area (Å²) in [6.07, 6.45) is 0. The van der Waals surface area contributed by atoms with Crippen molar-refractivity contribution >= 4 is 35.1 Å². The van der Waals surface area contributed by atoms with Crippen molar-refractivity contribution in [3.8, 4) is 0 Å². The van der Waals surface area contributed by atoms with Gasteiger partial charge in [-0.2, -0.15) is 11.8 Å². The Labute approximate surface area is 162 Å². The van der Waals surface area contributed by atoms with Crippen molar-refractivity contribution in [2.75, 3.05) is 11.1 Å². The SMILES string of the molecule is CC(C)SCc1cc(=O)[nH]c(SCC(=O)Nc2ccccc2C(C)C)n1. The number of H-pyrrole nitrogens is 1. The lowest BCUT2D eigenvalue weighted by Crippen LogP contribution is -2.17. The number of benzene rings is 1. The number of hydrogen-bond donors (Lipinski definition) is 2. The van der Waals surface area contributed by atoms with Gasteiger partial charge < -0.3 is 10.3 Å². The third kappa shape index (κ3) is 6.53. The number of thioether (sulfide) groups is 2. The molecule has 0 aliphatic rings. The zero-order chi connectivity index (χ0) is 19.1. The predicted octanol–water partition coefficient (Wildman–Crippen LogP) is 4.27. The van der Waals surface area contributed by atoms with Gasteiger partial charge in [-0.3, -0.25) is 9.59 Å². The van der Waals surface area contributed by atoms with Crippen LogP contribution >= 0.6 is 23.5 Å². The van der Waals surface area contributed by atoms with Crippen LogP contribution in [0.15, 0.2) is 40.3 Å². The van der Waals surface area contributed by atoms with E-state index in [1.807, 2.05) is 24.3 Å². The molecule has 0 spiro atoms. The minimum Gasteiger partial charge on any atom is -0.325 e. The molecule has 2 N–H and O–H groups in total. The zero-order valence-corrected chi connectivity index (χ0v) is 17.2. The van der Waals surface area contributed by atoms with Gasteiger partial charge in [0.15, 0.2) is 5.16 Å². The molecule has 0 radical (unpaired) electrons. The Bertz CT molecular complexity index is 803. The largest absolute Gasteiger partial charge is 0.325 e. The van der Waals surface area contributed by atoms with E-state index in [1.54, 1.807) is 11.8 Å². The first-order valence-corrected chi connectivity index (χ1v) is 10.6. The van der Waals surface area contributed by atoms with Crippen LogP contribution in [-0.2, 0) is 10.5 Å². The summed E-state index contributed by atoms with van der Waals surface area (Å²) in [7, 11) is 0. The summed E-state index contributed by atoms with van der Waals surface area (Å²) >= 11 is 2.97. The summed E-state index contributed by atoms with van der Waals surface area (Å²) in [5, 5.41) is 3.90. The molecule has 1 aromatic heterocycles. The molecule has 1 aromatic carbocycles. The molecule has 0 bridgehead atoms. The van der Waals surface area contributed by atoms with Crippen LogP contribution in [0.4, 0.5) is 5.69 Å². The molecule has 0 aliphatic heterocycles. The maximum absolute atomic E-state index is 12.3. The Morgan fingerprint density at radius 2 is 1.96 bits per heavy atom. The Morgan fingerprint density at radius 3 is 2.65 bits per heavy atom. The fourth-order valence-electron chi connectivity index (χ4n) is 2.31. The summed E-state index contributed by atoms with van der Waals surface area (Å²) in [5.41, 5.74) is 2.48. The average Bonchev–Trinajstić information content (AvgIpc) is 2.58. The third-order valence-electron chi connectivity index (χ3n) is 3.53. The highest BCUT2D eigenvalue weighted by Gasteiger charge is 2.11. The Balaban J connectivity index is 1.98. The quantitative estimate of drug-likeness (QED) is 0.519. The number of carbonyl (C=O) groups excluding carboxylic acids is 1. The zero-order valence-electron chi connectivity index (χ0n) is 15.5. The summed E-state index contributed by atoms with van der Waals surface area (Å²) < 4.78 is 0. The number of hydrogen-bond acceptors (Lipinski definition) is 5. The molecule has 2 aromatic rings. The van der Waals surface area contributed by atoms with E-state index < -0.39 is 0 Å². The van der Waals surface area contributed by atoms with Crippen LogP contribution in [0.25, 0.3) is 0 Å². The number of nitrogens with zero attached hydrogens (tertiary/aromatic N) is 1. The highest BCUT2D eigenvalue weighted by atomic mass is 32.2. The lowest BCUT2D eigenvalue weighted by atomic mass is 10.0. The normalized spacial score (nSPS) is 11.2. The van der Waals surface area contributed by atoms with Crippen LogP contribution in [0.1, 0.15) is 44.9 Å². The number of carbonyl (C=O) groups is 1. The van der Waals surface area contributed by atoms with Crippen LogP contribution in [0, 0.1) is 0 Å². The molecule has 1 heterocycles. The van der Waals surface area contributed by atoms with Gasteiger partial charge in [0, 0.05) is 17.5 Å². The monoisotopic (exact) mass is 391 g/mol. The maximum Gasteiger partial charge on any atom is 0.251 e. The number of nitrogens with one attached hydrogen (secondary N) is 2. The molecule has 0 saturated heterocycles. The second-order valence-corrected chi connectivity index (χ2v) is 9.01. The Kier molecular flexibility index (Phi) is 7.78. The minimum absolute atomic E-state index is 0.118. The second-order valence-electron chi connectivity index (χ2n) is 6.48. The first-order valence-electron chi connectivity index (χ1n) is 8.58. The van der Waals surface area contributed by atoms with E-state index >= 15 is 0 Å². The number of para-hydroxylation sites is 1. The summed E-state index contributed by atoms with van der Waals surface area (Å²) in [6, 6.07) is 9.31. The van der Waals surface area contributed by atoms with Crippen molar-refractivity contribution in [3.05, 3.63) is 51.9 Å². The number of aromatic nitrogens is 2. The molecular formula is C19H25N3O2S2. The van der Waals surface area contributed by atoms with Gasteiger partial charge in [-0.1, -0.05) is 57.7 Å². The summed E-state index contributed by atoms with van der Waals surface area (Å²) in [5.74, 6) is 1.08. The average molecular weight is 392 g/mol. The Hall–Kier alpha value is -1.73. The van der Waals surface area contributed by atoms with Gasteiger partial charge in [0.25, 0.3) is 5.56 Å². The summed E-state index contributed by atoms with van der Waals surface area (Å²) in [6.45, 7) is 8.39. The van der Waals surface area contributed by atoms with Gasteiger partial charge in [-0.15, -0.1) is 0 Å². The minimum atomic E-state index is -0.188. The van der Waals surface area contributed by atoms with Gasteiger partial charge in [-0.25, -0.2) is 4.98 Å². The van der Waals surface area contributed by atoms with Crippen LogP contribution in [0.3, 0.4) is 0 Å². The maximum atomic E-state index is 12.3. The molecule has 1 amide bonds. The fraction of sp³-hybridized carbons (Fsp3) is 0.421. The van der Waals surface area contributed by atoms with E-state index in [0.29, 0.717) is 22.1 Å². The predicted molar refractivity (Wildman–Crippen MR) is 111 cm³/mol. The molecule has 0 saturated carbocycles. The lowest BCUT2D eigenvalue weighted by Gasteiger charge is -2.13. The highest BCUT2D eigenvalue weighted by Crippen LogP contribution is 2.24. The molecule has 0 aliphatic carbocycles. The third-order valence-corrected chi connectivity index (χ3v) is 5.54. The summed E-state index contributed by atoms with van der Waals surface area (Å²) in [4.78, 5) is 31.2. The van der Waals surface area contributed by atoms with Crippen molar-refractivity contribution < 1.29 is 4.79 Å². The smallest absolute Gasteiger partial charge is 0.251 e. The van der Waals surface area contributed by atoms with Crippen LogP contribution < -0.4 is 10.9 Å². The van der Waals surface area contributed by atoms with Gasteiger partial charge >= 0.3 is 0 Å². The van der Waals surface area contributed by atoms with Crippen molar-refractivity contribution in [1.29, 1.82) is 0 Å². The van der Waals surface area contributed by atoms with E-state index in [4.69, 9.17) is 0 Å². The molecule has 2 rings (SSSR count). The van der Waals surface area contributed by atoms with E-state index in [2.05, 4.69) is 43.0 Å². The van der Waals surface area contributed by atoms with E-state index in [9.17, 15) is 9.59 Å². The van der Waals surface area contributed by atoms with Crippen LogP contribution in [0.5, 0.6) is 0 Å². The standard InChI is InChI=1S/C19H25N3O2S2/c1-12(2)15-7-5-6-8-16(15)21-18(24)11-26-19-20-14(9-17(23)22-19)10-25-13(3)4/h5-9,12-13H,10-11H2,1-4H3,(H,21,24)(H,20,22,23). The Morgan fingerprint density at radius 1 is 1.23 bits per heavy atom. The molecule has 0 unspecified atom stereocenters. The van der Waals surface area contributed by atoms with E-state index in [0.717, 1.165) is 16.9 Å². The lowest BCUT2D eigenvalue weighted by molar-refractivity contribution is -0.113. The molecular weight excluding hydrogens is 366 g/mol. The van der Waals surface area contributed by atoms with E-state index in [-0.39, 0.29) is 17.2 Å². The van der Waals surface area contributed by atoms with Crippen LogP contribution in [-0.4, -0.2) is 26.9 Å². The molecule has 140 valence electrons. The molecule has 7 heteroatoms. The van der Waals surface area contributed by atoms with Crippen molar-refractivity contribution in [1.82, 2.24) is 9.97 Å². The molecule has 5 nitrogen and oxygen atoms in total. The van der Waals surface area contributed by atoms with Crippen molar-refractivity contribution in [2.24, 2.45) is 0 Å². The first-order chi connectivity index (χ1) is 12.3. The van der Waals surface area contributed by atoms with Gasteiger partial charge in [0.2, 0.25) is 5.91 Å². The topological polar surface area (TPSA) is 74.8 Å². The number of anilines is 1. The fourth-order valence-corrected chi connectivity index (χ4v) is 3.66. The van der Waals surface area contributed by atoms with Crippen LogP contribution in [0.2, 0.25) is 0 Å². The van der Waals surface area contributed by atoms with Gasteiger partial charge in [0.1, 0.15) is 0 Å². The van der Waals surface area contributed by atoms with E-state index in [1.165, 1.54) is 17.8 Å². The second kappa shape index (κ2) is 9.83. The van der Waals surface area contributed by atoms with Crippen molar-refractivity contribution in [3.63, 3.8) is 0 Å². The number of aromatic amines is 1. The van der Waals surface area contributed by atoms with Gasteiger partial charge in [0.05, 0.1) is 11.4 Å². The molecule has 26 heavy (non-hydrogen) atoms. The highest BCUT2D eigenvalue weighted by molar-refractivity contribution is 7.99. The first kappa shape index (κ1) is 20.6.